The molecule has 0 radical (unpaired) electrons. The number of rotatable bonds is 8. The first kappa shape index (κ1) is 18.7. The SMILES string of the molecule is CN=C(NCCS(=O)(=O)NCC1CCC1)N(C)Cc1ncnn1C. The molecule has 136 valence electrons. The van der Waals surface area contributed by atoms with E-state index in [1.165, 1.54) is 12.7 Å². The van der Waals surface area contributed by atoms with Crippen molar-refractivity contribution in [2.24, 2.45) is 18.0 Å². The van der Waals surface area contributed by atoms with Gasteiger partial charge >= 0.3 is 0 Å². The Balaban J connectivity index is 1.75. The Morgan fingerprint density at radius 1 is 1.50 bits per heavy atom. The van der Waals surface area contributed by atoms with Gasteiger partial charge in [0.05, 0.1) is 12.3 Å². The van der Waals surface area contributed by atoms with Gasteiger partial charge in [-0.2, -0.15) is 5.10 Å². The lowest BCUT2D eigenvalue weighted by Gasteiger charge is -2.25. The van der Waals surface area contributed by atoms with Gasteiger partial charge < -0.3 is 10.2 Å². The van der Waals surface area contributed by atoms with Crippen molar-refractivity contribution < 1.29 is 8.42 Å². The van der Waals surface area contributed by atoms with Crippen molar-refractivity contribution in [3.05, 3.63) is 12.2 Å². The predicted molar refractivity (Wildman–Crippen MR) is 93.0 cm³/mol. The van der Waals surface area contributed by atoms with E-state index < -0.39 is 10.0 Å². The van der Waals surface area contributed by atoms with Crippen LogP contribution >= 0.6 is 0 Å². The molecule has 0 amide bonds. The fourth-order valence-electron chi connectivity index (χ4n) is 2.45. The number of guanidine groups is 1. The molecular formula is C14H27N7O2S. The van der Waals surface area contributed by atoms with Crippen molar-refractivity contribution in [3.63, 3.8) is 0 Å². The van der Waals surface area contributed by atoms with Gasteiger partial charge in [-0.3, -0.25) is 9.67 Å². The van der Waals surface area contributed by atoms with Gasteiger partial charge in [0.2, 0.25) is 10.0 Å². The summed E-state index contributed by atoms with van der Waals surface area (Å²) < 4.78 is 28.4. The Kier molecular flexibility index (Phi) is 6.55. The highest BCUT2D eigenvalue weighted by atomic mass is 32.2. The first-order valence-corrected chi connectivity index (χ1v) is 9.78. The molecule has 1 aliphatic rings. The third-order valence-corrected chi connectivity index (χ3v) is 5.58. The zero-order valence-electron chi connectivity index (χ0n) is 14.6. The maximum atomic E-state index is 12.0. The quantitative estimate of drug-likeness (QED) is 0.482. The summed E-state index contributed by atoms with van der Waals surface area (Å²) in [5.74, 6) is 1.96. The van der Waals surface area contributed by atoms with Crippen molar-refractivity contribution in [1.82, 2.24) is 29.7 Å². The lowest BCUT2D eigenvalue weighted by molar-refractivity contribution is 0.316. The number of aliphatic imine (C=N–C) groups is 1. The summed E-state index contributed by atoms with van der Waals surface area (Å²) in [6, 6.07) is 0. The van der Waals surface area contributed by atoms with Gasteiger partial charge in [-0.25, -0.2) is 18.1 Å². The Morgan fingerprint density at radius 2 is 2.25 bits per heavy atom. The number of aromatic nitrogens is 3. The van der Waals surface area contributed by atoms with E-state index in [4.69, 9.17) is 0 Å². The molecule has 1 fully saturated rings. The van der Waals surface area contributed by atoms with Crippen LogP contribution in [0, 0.1) is 5.92 Å². The lowest BCUT2D eigenvalue weighted by Crippen LogP contribution is -2.42. The molecular weight excluding hydrogens is 330 g/mol. The summed E-state index contributed by atoms with van der Waals surface area (Å²) in [5, 5.41) is 7.10. The molecule has 0 aromatic carbocycles. The number of nitrogens with one attached hydrogen (secondary N) is 2. The standard InChI is InChI=1S/C14H27N7O2S/c1-15-14(20(2)10-13-17-11-18-21(13)3)16-7-8-24(22,23)19-9-12-5-4-6-12/h11-12,19H,4-10H2,1-3H3,(H,15,16). The summed E-state index contributed by atoms with van der Waals surface area (Å²) in [7, 11) is 2.11. The van der Waals surface area contributed by atoms with Gasteiger partial charge in [-0.1, -0.05) is 6.42 Å². The van der Waals surface area contributed by atoms with Crippen LogP contribution in [0.2, 0.25) is 0 Å². The van der Waals surface area contributed by atoms with Gasteiger partial charge in [-0.05, 0) is 18.8 Å². The van der Waals surface area contributed by atoms with E-state index in [1.807, 2.05) is 19.0 Å². The van der Waals surface area contributed by atoms with Crippen LogP contribution in [0.4, 0.5) is 0 Å². The van der Waals surface area contributed by atoms with Crippen molar-refractivity contribution in [2.75, 3.05) is 32.9 Å². The molecule has 10 heteroatoms. The van der Waals surface area contributed by atoms with Gasteiger partial charge in [0.15, 0.2) is 5.96 Å². The van der Waals surface area contributed by atoms with Gasteiger partial charge in [0.25, 0.3) is 0 Å². The van der Waals surface area contributed by atoms with Crippen LogP contribution in [-0.2, 0) is 23.6 Å². The Labute approximate surface area is 143 Å². The number of hydrogen-bond donors (Lipinski definition) is 2. The molecule has 24 heavy (non-hydrogen) atoms. The Morgan fingerprint density at radius 3 is 2.79 bits per heavy atom. The minimum Gasteiger partial charge on any atom is -0.355 e. The van der Waals surface area contributed by atoms with Crippen molar-refractivity contribution >= 4 is 16.0 Å². The second-order valence-electron chi connectivity index (χ2n) is 6.09. The van der Waals surface area contributed by atoms with Crippen LogP contribution in [0.25, 0.3) is 0 Å². The molecule has 0 unspecified atom stereocenters. The zero-order chi connectivity index (χ0) is 17.6. The topological polar surface area (TPSA) is 105 Å². The molecule has 1 saturated carbocycles. The van der Waals surface area contributed by atoms with Crippen molar-refractivity contribution in [2.45, 2.75) is 25.8 Å². The molecule has 0 spiro atoms. The number of sulfonamides is 1. The highest BCUT2D eigenvalue weighted by Gasteiger charge is 2.20. The molecule has 1 aliphatic carbocycles. The van der Waals surface area contributed by atoms with Crippen molar-refractivity contribution in [3.8, 4) is 0 Å². The molecule has 0 bridgehead atoms. The molecule has 2 N–H and O–H groups in total. The summed E-state index contributed by atoms with van der Waals surface area (Å²) in [4.78, 5) is 10.2. The van der Waals surface area contributed by atoms with E-state index >= 15 is 0 Å². The van der Waals surface area contributed by atoms with Crippen LogP contribution in [-0.4, -0.2) is 67.0 Å². The Hall–Kier alpha value is -1.68. The van der Waals surface area contributed by atoms with Crippen LogP contribution in [0.3, 0.4) is 0 Å². The average Bonchev–Trinajstić information content (AvgIpc) is 2.87. The average molecular weight is 357 g/mol. The second-order valence-corrected chi connectivity index (χ2v) is 8.02. The first-order valence-electron chi connectivity index (χ1n) is 8.13. The van der Waals surface area contributed by atoms with E-state index in [9.17, 15) is 8.42 Å². The smallest absolute Gasteiger partial charge is 0.213 e. The minimum atomic E-state index is -3.25. The molecule has 1 aromatic rings. The summed E-state index contributed by atoms with van der Waals surface area (Å²) in [6.07, 6.45) is 4.96. The zero-order valence-corrected chi connectivity index (χ0v) is 15.4. The summed E-state index contributed by atoms with van der Waals surface area (Å²) >= 11 is 0. The second kappa shape index (κ2) is 8.43. The molecule has 2 rings (SSSR count). The maximum Gasteiger partial charge on any atom is 0.213 e. The van der Waals surface area contributed by atoms with Gasteiger partial charge in [0.1, 0.15) is 12.2 Å². The fourth-order valence-corrected chi connectivity index (χ4v) is 3.45. The van der Waals surface area contributed by atoms with Crippen LogP contribution < -0.4 is 10.0 Å². The molecule has 9 nitrogen and oxygen atoms in total. The molecule has 1 heterocycles. The van der Waals surface area contributed by atoms with E-state index in [0.717, 1.165) is 18.7 Å². The fraction of sp³-hybridized carbons (Fsp3) is 0.786. The highest BCUT2D eigenvalue weighted by Crippen LogP contribution is 2.25. The molecule has 0 aliphatic heterocycles. The number of nitrogens with zero attached hydrogens (tertiary/aromatic N) is 5. The molecule has 0 atom stereocenters. The number of aryl methyl sites for hydroxylation is 1. The first-order chi connectivity index (χ1) is 11.4. The Bertz CT molecular complexity index is 652. The third-order valence-electron chi connectivity index (χ3n) is 4.23. The minimum absolute atomic E-state index is 0.0243. The van der Waals surface area contributed by atoms with Crippen LogP contribution in [0.5, 0.6) is 0 Å². The number of hydrogen-bond acceptors (Lipinski definition) is 5. The predicted octanol–water partition coefficient (Wildman–Crippen LogP) is -0.458. The largest absolute Gasteiger partial charge is 0.355 e. The van der Waals surface area contributed by atoms with Gasteiger partial charge in [0, 0.05) is 34.2 Å². The summed E-state index contributed by atoms with van der Waals surface area (Å²) in [5.41, 5.74) is 0. The normalized spacial score (nSPS) is 16.0. The van der Waals surface area contributed by atoms with Crippen LogP contribution in [0.15, 0.2) is 11.3 Å². The van der Waals surface area contributed by atoms with Gasteiger partial charge in [-0.15, -0.1) is 0 Å². The monoisotopic (exact) mass is 357 g/mol. The maximum absolute atomic E-state index is 12.0. The molecule has 1 aromatic heterocycles. The van der Waals surface area contributed by atoms with E-state index in [-0.39, 0.29) is 5.75 Å². The van der Waals surface area contributed by atoms with E-state index in [2.05, 4.69) is 25.1 Å². The van der Waals surface area contributed by atoms with E-state index in [1.54, 1.807) is 11.7 Å². The summed E-state index contributed by atoms with van der Waals surface area (Å²) in [6.45, 7) is 1.39. The molecule has 0 saturated heterocycles. The van der Waals surface area contributed by atoms with E-state index in [0.29, 0.717) is 31.5 Å². The van der Waals surface area contributed by atoms with Crippen molar-refractivity contribution in [1.29, 1.82) is 0 Å². The lowest BCUT2D eigenvalue weighted by atomic mass is 9.86. The third kappa shape index (κ3) is 5.45. The highest BCUT2D eigenvalue weighted by molar-refractivity contribution is 7.89. The van der Waals surface area contributed by atoms with Crippen LogP contribution in [0.1, 0.15) is 25.1 Å².